The highest BCUT2D eigenvalue weighted by Gasteiger charge is 2.09. The summed E-state index contributed by atoms with van der Waals surface area (Å²) in [4.78, 5) is 19.9. The van der Waals surface area contributed by atoms with Crippen LogP contribution in [0.3, 0.4) is 0 Å². The lowest BCUT2D eigenvalue weighted by Gasteiger charge is -2.04. The molecule has 4 N–H and O–H groups in total. The maximum atomic E-state index is 11.9. The molecule has 0 atom stereocenters. The zero-order valence-corrected chi connectivity index (χ0v) is 10.5. The van der Waals surface area contributed by atoms with Crippen LogP contribution in [0.1, 0.15) is 29.1 Å². The molecule has 2 heterocycles. The molecule has 0 aromatic carbocycles. The lowest BCUT2D eigenvalue weighted by molar-refractivity contribution is 0.0942. The van der Waals surface area contributed by atoms with Crippen molar-refractivity contribution in [2.45, 2.75) is 19.9 Å². The van der Waals surface area contributed by atoms with Gasteiger partial charge < -0.3 is 15.2 Å². The van der Waals surface area contributed by atoms with E-state index >= 15 is 0 Å². The highest BCUT2D eigenvalue weighted by molar-refractivity contribution is 5.92. The molecule has 0 aliphatic rings. The number of nitrogens with one attached hydrogen (secondary N) is 2. The molecular formula is C12H15N5O2. The Morgan fingerprint density at radius 1 is 1.47 bits per heavy atom. The molecule has 2 aromatic rings. The average Bonchev–Trinajstić information content (AvgIpc) is 2.93. The maximum absolute atomic E-state index is 11.9. The molecule has 0 bridgehead atoms. The Morgan fingerprint density at radius 3 is 3.00 bits per heavy atom. The van der Waals surface area contributed by atoms with E-state index in [2.05, 4.69) is 20.7 Å². The summed E-state index contributed by atoms with van der Waals surface area (Å²) < 4.78 is 5.39. The molecule has 0 saturated heterocycles. The number of aryl methyl sites for hydroxylation is 1. The predicted molar refractivity (Wildman–Crippen MR) is 69.1 cm³/mol. The summed E-state index contributed by atoms with van der Waals surface area (Å²) in [7, 11) is 0. The normalized spacial score (nSPS) is 10.2. The summed E-state index contributed by atoms with van der Waals surface area (Å²) in [6.07, 6.45) is 3.93. The number of nitrogen functional groups attached to an aromatic ring is 1. The van der Waals surface area contributed by atoms with Crippen LogP contribution < -0.4 is 16.6 Å². The third-order valence-corrected chi connectivity index (χ3v) is 2.51. The van der Waals surface area contributed by atoms with Gasteiger partial charge in [-0.1, -0.05) is 6.92 Å². The lowest BCUT2D eigenvalue weighted by atomic mass is 10.3. The van der Waals surface area contributed by atoms with Gasteiger partial charge >= 0.3 is 0 Å². The third-order valence-electron chi connectivity index (χ3n) is 2.51. The Balaban J connectivity index is 1.96. The summed E-state index contributed by atoms with van der Waals surface area (Å²) in [6.45, 7) is 2.19. The average molecular weight is 261 g/mol. The molecule has 2 aromatic heterocycles. The number of rotatable bonds is 5. The van der Waals surface area contributed by atoms with Gasteiger partial charge in [-0.05, 0) is 12.1 Å². The number of pyridine rings is 1. The minimum absolute atomic E-state index is 0.223. The summed E-state index contributed by atoms with van der Waals surface area (Å²) in [5.74, 6) is 6.22. The van der Waals surface area contributed by atoms with E-state index in [1.165, 1.54) is 6.20 Å². The maximum Gasteiger partial charge on any atom is 0.270 e. The molecule has 19 heavy (non-hydrogen) atoms. The van der Waals surface area contributed by atoms with E-state index in [4.69, 9.17) is 10.3 Å². The number of carbonyl (C=O) groups excluding carboxylic acids is 1. The highest BCUT2D eigenvalue weighted by atomic mass is 16.4. The summed E-state index contributed by atoms with van der Waals surface area (Å²) in [5, 5.41) is 2.68. The van der Waals surface area contributed by atoms with Crippen LogP contribution in [-0.4, -0.2) is 15.9 Å². The fraction of sp³-hybridized carbons (Fsp3) is 0.250. The molecule has 0 aliphatic carbocycles. The Labute approximate surface area is 110 Å². The molecule has 0 fully saturated rings. The van der Waals surface area contributed by atoms with Gasteiger partial charge in [-0.2, -0.15) is 0 Å². The van der Waals surface area contributed by atoms with Crippen molar-refractivity contribution in [3.63, 3.8) is 0 Å². The SMILES string of the molecule is CCc1cnc(CNC(=O)c2cc(NN)ccn2)o1. The summed E-state index contributed by atoms with van der Waals surface area (Å²) in [6, 6.07) is 3.22. The Morgan fingerprint density at radius 2 is 2.32 bits per heavy atom. The Bertz CT molecular complexity index is 567. The van der Waals surface area contributed by atoms with Crippen molar-refractivity contribution < 1.29 is 9.21 Å². The fourth-order valence-corrected chi connectivity index (χ4v) is 1.48. The minimum Gasteiger partial charge on any atom is -0.444 e. The molecule has 2 rings (SSSR count). The molecule has 100 valence electrons. The van der Waals surface area contributed by atoms with Crippen LogP contribution in [0.5, 0.6) is 0 Å². The van der Waals surface area contributed by atoms with Crippen molar-refractivity contribution >= 4 is 11.6 Å². The first-order chi connectivity index (χ1) is 9.22. The quantitative estimate of drug-likeness (QED) is 0.544. The zero-order chi connectivity index (χ0) is 13.7. The molecule has 0 spiro atoms. The summed E-state index contributed by atoms with van der Waals surface area (Å²) >= 11 is 0. The molecule has 0 aliphatic heterocycles. The molecular weight excluding hydrogens is 246 g/mol. The van der Waals surface area contributed by atoms with Crippen LogP contribution in [0.2, 0.25) is 0 Å². The number of hydrogen-bond acceptors (Lipinski definition) is 6. The van der Waals surface area contributed by atoms with Crippen molar-refractivity contribution in [2.24, 2.45) is 5.84 Å². The molecule has 1 amide bonds. The van der Waals surface area contributed by atoms with Gasteiger partial charge in [0.25, 0.3) is 5.91 Å². The molecule has 0 unspecified atom stereocenters. The van der Waals surface area contributed by atoms with Crippen molar-refractivity contribution in [1.82, 2.24) is 15.3 Å². The van der Waals surface area contributed by atoms with Gasteiger partial charge in [0.05, 0.1) is 18.4 Å². The number of aromatic nitrogens is 2. The minimum atomic E-state index is -0.312. The van der Waals surface area contributed by atoms with E-state index in [0.29, 0.717) is 11.6 Å². The van der Waals surface area contributed by atoms with Crippen LogP contribution in [0, 0.1) is 0 Å². The topological polar surface area (TPSA) is 106 Å². The smallest absolute Gasteiger partial charge is 0.270 e. The number of nitrogens with two attached hydrogens (primary N) is 1. The van der Waals surface area contributed by atoms with Crippen molar-refractivity contribution in [2.75, 3.05) is 5.43 Å². The van der Waals surface area contributed by atoms with Crippen molar-refractivity contribution in [3.05, 3.63) is 41.9 Å². The first kappa shape index (κ1) is 13.0. The van der Waals surface area contributed by atoms with Crippen LogP contribution in [0.15, 0.2) is 28.9 Å². The van der Waals surface area contributed by atoms with Gasteiger partial charge in [0, 0.05) is 12.6 Å². The number of amides is 1. The molecule has 0 saturated carbocycles. The fourth-order valence-electron chi connectivity index (χ4n) is 1.48. The van der Waals surface area contributed by atoms with Crippen molar-refractivity contribution in [1.29, 1.82) is 0 Å². The Hall–Kier alpha value is -2.41. The van der Waals surface area contributed by atoms with Crippen LogP contribution in [-0.2, 0) is 13.0 Å². The van der Waals surface area contributed by atoms with Gasteiger partial charge in [0.1, 0.15) is 11.5 Å². The molecule has 7 nitrogen and oxygen atoms in total. The van der Waals surface area contributed by atoms with Gasteiger partial charge in [-0.15, -0.1) is 0 Å². The van der Waals surface area contributed by atoms with Gasteiger partial charge in [0.15, 0.2) is 0 Å². The van der Waals surface area contributed by atoms with Gasteiger partial charge in [-0.3, -0.25) is 15.6 Å². The largest absolute Gasteiger partial charge is 0.444 e. The van der Waals surface area contributed by atoms with Gasteiger partial charge in [0.2, 0.25) is 5.89 Å². The molecule has 0 radical (unpaired) electrons. The number of nitrogens with zero attached hydrogens (tertiary/aromatic N) is 2. The lowest BCUT2D eigenvalue weighted by Crippen LogP contribution is -2.24. The van der Waals surface area contributed by atoms with E-state index in [-0.39, 0.29) is 18.1 Å². The zero-order valence-electron chi connectivity index (χ0n) is 10.5. The summed E-state index contributed by atoms with van der Waals surface area (Å²) in [5.41, 5.74) is 3.35. The molecule has 7 heteroatoms. The van der Waals surface area contributed by atoms with Crippen molar-refractivity contribution in [3.8, 4) is 0 Å². The van der Waals surface area contributed by atoms with E-state index in [0.717, 1.165) is 12.2 Å². The third kappa shape index (κ3) is 3.29. The Kier molecular flexibility index (Phi) is 4.09. The second-order valence-corrected chi connectivity index (χ2v) is 3.83. The van der Waals surface area contributed by atoms with Crippen LogP contribution in [0.25, 0.3) is 0 Å². The van der Waals surface area contributed by atoms with Crippen LogP contribution >= 0.6 is 0 Å². The van der Waals surface area contributed by atoms with Crippen LogP contribution in [0.4, 0.5) is 5.69 Å². The monoisotopic (exact) mass is 261 g/mol. The first-order valence-electron chi connectivity index (χ1n) is 5.87. The second kappa shape index (κ2) is 5.96. The number of hydrogen-bond donors (Lipinski definition) is 3. The number of oxazole rings is 1. The first-order valence-corrected chi connectivity index (χ1v) is 5.87. The highest BCUT2D eigenvalue weighted by Crippen LogP contribution is 2.07. The number of anilines is 1. The number of carbonyl (C=O) groups is 1. The number of hydrazine groups is 1. The van der Waals surface area contributed by atoms with Gasteiger partial charge in [-0.25, -0.2) is 4.98 Å². The van der Waals surface area contributed by atoms with E-state index in [1.807, 2.05) is 6.92 Å². The van der Waals surface area contributed by atoms with E-state index in [9.17, 15) is 4.79 Å². The van der Waals surface area contributed by atoms with E-state index in [1.54, 1.807) is 18.3 Å². The predicted octanol–water partition coefficient (Wildman–Crippen LogP) is 0.848. The standard InChI is InChI=1S/C12H15N5O2/c1-2-9-6-15-11(19-9)7-16-12(18)10-5-8(17-13)3-4-14-10/h3-6H,2,7,13H2,1H3,(H,14,17)(H,16,18). The van der Waals surface area contributed by atoms with E-state index < -0.39 is 0 Å². The second-order valence-electron chi connectivity index (χ2n) is 3.83.